The Balaban J connectivity index is 1.68. The Labute approximate surface area is 156 Å². The number of hydrogen-bond donors (Lipinski definition) is 3. The number of amides is 5. The monoisotopic (exact) mass is 368 g/mol. The Kier molecular flexibility index (Phi) is 5.12. The number of terminal acetylenes is 1. The summed E-state index contributed by atoms with van der Waals surface area (Å²) in [6.07, 6.45) is 8.05. The average Bonchev–Trinajstić information content (AvgIpc) is 3.21. The van der Waals surface area contributed by atoms with E-state index in [4.69, 9.17) is 6.42 Å². The molecule has 3 rings (SSSR count). The van der Waals surface area contributed by atoms with Crippen molar-refractivity contribution in [3.63, 3.8) is 0 Å². The van der Waals surface area contributed by atoms with Crippen molar-refractivity contribution >= 4 is 29.4 Å². The summed E-state index contributed by atoms with van der Waals surface area (Å²) in [6, 6.07) is 5.86. The molecule has 1 aliphatic carbocycles. The summed E-state index contributed by atoms with van der Waals surface area (Å²) in [5.41, 5.74) is -0.338. The van der Waals surface area contributed by atoms with Crippen LogP contribution >= 0.6 is 0 Å². The third kappa shape index (κ3) is 3.62. The van der Waals surface area contributed by atoms with E-state index < -0.39 is 29.9 Å². The second-order valence-electron chi connectivity index (χ2n) is 6.59. The van der Waals surface area contributed by atoms with Gasteiger partial charge in [-0.25, -0.2) is 4.79 Å². The van der Waals surface area contributed by atoms with E-state index in [1.54, 1.807) is 24.3 Å². The summed E-state index contributed by atoms with van der Waals surface area (Å²) in [5.74, 6) is 0.950. The third-order valence-electron chi connectivity index (χ3n) is 4.80. The van der Waals surface area contributed by atoms with Crippen LogP contribution in [-0.2, 0) is 9.59 Å². The first-order valence-electron chi connectivity index (χ1n) is 8.71. The van der Waals surface area contributed by atoms with Gasteiger partial charge in [0.1, 0.15) is 12.1 Å². The van der Waals surface area contributed by atoms with E-state index in [1.165, 1.54) is 0 Å². The van der Waals surface area contributed by atoms with Crippen LogP contribution in [0.5, 0.6) is 0 Å². The molecule has 1 aromatic carbocycles. The van der Waals surface area contributed by atoms with Crippen LogP contribution in [0.15, 0.2) is 24.3 Å². The van der Waals surface area contributed by atoms with E-state index in [1.807, 2.05) is 0 Å². The zero-order valence-electron chi connectivity index (χ0n) is 14.7. The molecule has 140 valence electrons. The molecule has 1 heterocycles. The minimum atomic E-state index is -0.857. The maximum absolute atomic E-state index is 12.6. The van der Waals surface area contributed by atoms with Crippen molar-refractivity contribution < 1.29 is 19.2 Å². The van der Waals surface area contributed by atoms with Gasteiger partial charge in [0.05, 0.1) is 17.8 Å². The number of nitrogens with zero attached hydrogens (tertiary/aromatic N) is 1. The van der Waals surface area contributed by atoms with E-state index in [0.717, 1.165) is 17.7 Å². The van der Waals surface area contributed by atoms with Gasteiger partial charge in [0, 0.05) is 0 Å². The van der Waals surface area contributed by atoms with Gasteiger partial charge in [0.15, 0.2) is 0 Å². The van der Waals surface area contributed by atoms with Crippen molar-refractivity contribution in [3.05, 3.63) is 29.8 Å². The van der Waals surface area contributed by atoms with Crippen LogP contribution in [0.1, 0.15) is 36.0 Å². The predicted octanol–water partition coefficient (Wildman–Crippen LogP) is 0.853. The third-order valence-corrected chi connectivity index (χ3v) is 4.80. The van der Waals surface area contributed by atoms with Crippen LogP contribution in [0.25, 0.3) is 0 Å². The van der Waals surface area contributed by atoms with Crippen molar-refractivity contribution in [1.82, 2.24) is 15.5 Å². The molecular weight excluding hydrogens is 348 g/mol. The fourth-order valence-corrected chi connectivity index (χ4v) is 3.49. The number of carbonyl (C=O) groups is 4. The summed E-state index contributed by atoms with van der Waals surface area (Å²) in [5, 5.41) is 7.84. The molecule has 27 heavy (non-hydrogen) atoms. The summed E-state index contributed by atoms with van der Waals surface area (Å²) in [4.78, 5) is 50.2. The van der Waals surface area contributed by atoms with Crippen LogP contribution in [0.3, 0.4) is 0 Å². The van der Waals surface area contributed by atoms with E-state index in [-0.39, 0.29) is 23.7 Å². The molecule has 0 atom stereocenters. The second kappa shape index (κ2) is 7.50. The van der Waals surface area contributed by atoms with E-state index in [9.17, 15) is 19.2 Å². The number of hydrogen-bond acceptors (Lipinski definition) is 4. The van der Waals surface area contributed by atoms with Crippen molar-refractivity contribution in [2.45, 2.75) is 31.2 Å². The molecule has 2 fully saturated rings. The number of imide groups is 1. The molecule has 1 saturated carbocycles. The van der Waals surface area contributed by atoms with Crippen molar-refractivity contribution in [1.29, 1.82) is 0 Å². The summed E-state index contributed by atoms with van der Waals surface area (Å²) < 4.78 is 0. The standard InChI is InChI=1S/C19H20N4O4/c1-2-11-20-16(25)13-7-3-4-8-14(13)21-15(24)12-23-17(26)19(22-18(23)27)9-5-6-10-19/h1,3-4,7-8H,5-6,9-12H2,(H,20,25)(H,21,24)(H,22,27). The van der Waals surface area contributed by atoms with E-state index >= 15 is 0 Å². The Hall–Kier alpha value is -3.34. The first-order chi connectivity index (χ1) is 13.0. The van der Waals surface area contributed by atoms with Gasteiger partial charge in [0.2, 0.25) is 5.91 Å². The first kappa shape index (κ1) is 18.5. The zero-order chi connectivity index (χ0) is 19.4. The van der Waals surface area contributed by atoms with Crippen molar-refractivity contribution in [3.8, 4) is 12.3 Å². The predicted molar refractivity (Wildman–Crippen MR) is 97.7 cm³/mol. The molecule has 1 aliphatic heterocycles. The Bertz CT molecular complexity index is 836. The molecule has 1 spiro atoms. The lowest BCUT2D eigenvalue weighted by Crippen LogP contribution is -2.44. The fourth-order valence-electron chi connectivity index (χ4n) is 3.49. The van der Waals surface area contributed by atoms with Gasteiger partial charge in [-0.05, 0) is 25.0 Å². The minimum absolute atomic E-state index is 0.0612. The minimum Gasteiger partial charge on any atom is -0.341 e. The SMILES string of the molecule is C#CCNC(=O)c1ccccc1NC(=O)CN1C(=O)NC2(CCCC2)C1=O. The number of urea groups is 1. The fraction of sp³-hybridized carbons (Fsp3) is 0.368. The molecule has 3 N–H and O–H groups in total. The maximum atomic E-state index is 12.6. The van der Waals surface area contributed by atoms with Gasteiger partial charge in [0.25, 0.3) is 11.8 Å². The molecule has 5 amide bonds. The quantitative estimate of drug-likeness (QED) is 0.529. The number of rotatable bonds is 5. The topological polar surface area (TPSA) is 108 Å². The number of para-hydroxylation sites is 1. The molecule has 8 heteroatoms. The summed E-state index contributed by atoms with van der Waals surface area (Å²) in [7, 11) is 0. The zero-order valence-corrected chi connectivity index (χ0v) is 14.7. The first-order valence-corrected chi connectivity index (χ1v) is 8.71. The maximum Gasteiger partial charge on any atom is 0.325 e. The normalized spacial score (nSPS) is 17.5. The lowest BCUT2D eigenvalue weighted by atomic mass is 9.98. The van der Waals surface area contributed by atoms with Gasteiger partial charge in [-0.15, -0.1) is 6.42 Å². The molecule has 0 unspecified atom stereocenters. The molecule has 2 aliphatic rings. The van der Waals surface area contributed by atoms with Gasteiger partial charge in [-0.2, -0.15) is 0 Å². The van der Waals surface area contributed by atoms with Crippen LogP contribution in [0.2, 0.25) is 0 Å². The van der Waals surface area contributed by atoms with E-state index in [0.29, 0.717) is 12.8 Å². The van der Waals surface area contributed by atoms with Crippen molar-refractivity contribution in [2.24, 2.45) is 0 Å². The van der Waals surface area contributed by atoms with Crippen molar-refractivity contribution in [2.75, 3.05) is 18.4 Å². The number of anilines is 1. The highest BCUT2D eigenvalue weighted by molar-refractivity contribution is 6.11. The highest BCUT2D eigenvalue weighted by Crippen LogP contribution is 2.34. The Morgan fingerprint density at radius 3 is 2.63 bits per heavy atom. The highest BCUT2D eigenvalue weighted by atomic mass is 16.2. The number of nitrogens with one attached hydrogen (secondary N) is 3. The van der Waals surface area contributed by atoms with Gasteiger partial charge in [-0.3, -0.25) is 19.3 Å². The van der Waals surface area contributed by atoms with E-state index in [2.05, 4.69) is 21.9 Å². The highest BCUT2D eigenvalue weighted by Gasteiger charge is 2.52. The van der Waals surface area contributed by atoms with Crippen LogP contribution in [0, 0.1) is 12.3 Å². The Morgan fingerprint density at radius 2 is 1.93 bits per heavy atom. The summed E-state index contributed by atoms with van der Waals surface area (Å²) >= 11 is 0. The Morgan fingerprint density at radius 1 is 1.22 bits per heavy atom. The molecule has 8 nitrogen and oxygen atoms in total. The lowest BCUT2D eigenvalue weighted by Gasteiger charge is -2.20. The molecule has 0 aromatic heterocycles. The van der Waals surface area contributed by atoms with Gasteiger partial charge < -0.3 is 16.0 Å². The molecule has 0 radical (unpaired) electrons. The van der Waals surface area contributed by atoms with Gasteiger partial charge in [-0.1, -0.05) is 30.9 Å². The largest absolute Gasteiger partial charge is 0.341 e. The smallest absolute Gasteiger partial charge is 0.325 e. The van der Waals surface area contributed by atoms with Crippen LogP contribution < -0.4 is 16.0 Å². The molecule has 0 bridgehead atoms. The summed E-state index contributed by atoms with van der Waals surface area (Å²) in [6.45, 7) is -0.349. The average molecular weight is 368 g/mol. The number of carbonyl (C=O) groups excluding carboxylic acids is 4. The number of benzene rings is 1. The van der Waals surface area contributed by atoms with Crippen LogP contribution in [0.4, 0.5) is 10.5 Å². The molecule has 1 aromatic rings. The second-order valence-corrected chi connectivity index (χ2v) is 6.59. The molecular formula is C19H20N4O4. The lowest BCUT2D eigenvalue weighted by molar-refractivity contribution is -0.133. The van der Waals surface area contributed by atoms with Gasteiger partial charge >= 0.3 is 6.03 Å². The molecule has 1 saturated heterocycles. The van der Waals surface area contributed by atoms with Crippen LogP contribution in [-0.4, -0.2) is 47.3 Å².